The summed E-state index contributed by atoms with van der Waals surface area (Å²) in [6.07, 6.45) is 2.61. The number of carbonyl (C=O) groups is 2. The van der Waals surface area contributed by atoms with Gasteiger partial charge < -0.3 is 10.1 Å². The molecule has 108 valence electrons. The summed E-state index contributed by atoms with van der Waals surface area (Å²) in [6.45, 7) is 1.83. The Morgan fingerprint density at radius 1 is 1.29 bits per heavy atom. The molecule has 7 heteroatoms. The van der Waals surface area contributed by atoms with Gasteiger partial charge in [0.25, 0.3) is 5.91 Å². The SMILES string of the molecule is COC(=O)c1cc(C)ccc1NC(=O)c1cncc(Cl)n1. The zero-order valence-electron chi connectivity index (χ0n) is 11.4. The van der Waals surface area contributed by atoms with Gasteiger partial charge in [0, 0.05) is 0 Å². The van der Waals surface area contributed by atoms with Gasteiger partial charge in [0.2, 0.25) is 0 Å². The van der Waals surface area contributed by atoms with Crippen LogP contribution in [0.5, 0.6) is 0 Å². The fourth-order valence-electron chi connectivity index (χ4n) is 1.68. The van der Waals surface area contributed by atoms with E-state index >= 15 is 0 Å². The molecule has 0 fully saturated rings. The van der Waals surface area contributed by atoms with Gasteiger partial charge in [-0.05, 0) is 19.1 Å². The highest BCUT2D eigenvalue weighted by atomic mass is 35.5. The Morgan fingerprint density at radius 2 is 2.05 bits per heavy atom. The van der Waals surface area contributed by atoms with Gasteiger partial charge in [0.05, 0.1) is 30.8 Å². The predicted molar refractivity (Wildman–Crippen MR) is 77.5 cm³/mol. The molecule has 0 bridgehead atoms. The van der Waals surface area contributed by atoms with Crippen LogP contribution in [-0.4, -0.2) is 29.0 Å². The van der Waals surface area contributed by atoms with Crippen molar-refractivity contribution < 1.29 is 14.3 Å². The van der Waals surface area contributed by atoms with Crippen molar-refractivity contribution in [1.82, 2.24) is 9.97 Å². The molecule has 0 radical (unpaired) electrons. The van der Waals surface area contributed by atoms with Gasteiger partial charge in [-0.1, -0.05) is 23.2 Å². The topological polar surface area (TPSA) is 81.2 Å². The molecule has 2 aromatic rings. The van der Waals surface area contributed by atoms with Crippen LogP contribution in [0.4, 0.5) is 5.69 Å². The van der Waals surface area contributed by atoms with E-state index in [0.717, 1.165) is 5.56 Å². The number of esters is 1. The molecule has 0 unspecified atom stereocenters. The van der Waals surface area contributed by atoms with E-state index in [0.29, 0.717) is 5.69 Å². The molecule has 21 heavy (non-hydrogen) atoms. The van der Waals surface area contributed by atoms with E-state index in [1.807, 2.05) is 6.92 Å². The highest BCUT2D eigenvalue weighted by Gasteiger charge is 2.16. The van der Waals surface area contributed by atoms with Gasteiger partial charge in [0.15, 0.2) is 0 Å². The van der Waals surface area contributed by atoms with Crippen LogP contribution in [0.25, 0.3) is 0 Å². The van der Waals surface area contributed by atoms with Crippen molar-refractivity contribution in [3.05, 3.63) is 52.6 Å². The molecule has 0 saturated carbocycles. The molecule has 0 spiro atoms. The molecule has 2 rings (SSSR count). The summed E-state index contributed by atoms with van der Waals surface area (Å²) in [5, 5.41) is 2.71. The van der Waals surface area contributed by atoms with Gasteiger partial charge in [-0.15, -0.1) is 0 Å². The number of hydrogen-bond acceptors (Lipinski definition) is 5. The molecular weight excluding hydrogens is 294 g/mol. The Kier molecular flexibility index (Phi) is 4.49. The predicted octanol–water partition coefficient (Wildman–Crippen LogP) is 2.48. The Labute approximate surface area is 126 Å². The summed E-state index contributed by atoms with van der Waals surface area (Å²) < 4.78 is 4.70. The molecule has 0 aliphatic carbocycles. The first-order chi connectivity index (χ1) is 10.0. The van der Waals surface area contributed by atoms with E-state index in [4.69, 9.17) is 16.3 Å². The first-order valence-corrected chi connectivity index (χ1v) is 6.37. The van der Waals surface area contributed by atoms with Crippen LogP contribution in [-0.2, 0) is 4.74 Å². The van der Waals surface area contributed by atoms with E-state index < -0.39 is 11.9 Å². The molecule has 1 N–H and O–H groups in total. The Morgan fingerprint density at radius 3 is 2.71 bits per heavy atom. The number of amides is 1. The molecule has 0 aliphatic rings. The minimum atomic E-state index is -0.536. The van der Waals surface area contributed by atoms with Gasteiger partial charge in [-0.25, -0.2) is 9.78 Å². The number of nitrogens with one attached hydrogen (secondary N) is 1. The van der Waals surface area contributed by atoms with Crippen molar-refractivity contribution in [3.8, 4) is 0 Å². The van der Waals surface area contributed by atoms with Crippen molar-refractivity contribution in [2.45, 2.75) is 6.92 Å². The normalized spacial score (nSPS) is 10.0. The van der Waals surface area contributed by atoms with Crippen LogP contribution >= 0.6 is 11.6 Å². The number of aromatic nitrogens is 2. The van der Waals surface area contributed by atoms with E-state index in [1.165, 1.54) is 19.5 Å². The number of carbonyl (C=O) groups excluding carboxylic acids is 2. The zero-order valence-corrected chi connectivity index (χ0v) is 12.1. The number of rotatable bonds is 3. The third kappa shape index (κ3) is 3.55. The van der Waals surface area contributed by atoms with Crippen LogP contribution in [0.1, 0.15) is 26.4 Å². The molecule has 1 aromatic carbocycles. The average molecular weight is 306 g/mol. The number of benzene rings is 1. The maximum atomic E-state index is 12.1. The number of ether oxygens (including phenoxy) is 1. The van der Waals surface area contributed by atoms with Crippen molar-refractivity contribution in [2.75, 3.05) is 12.4 Å². The van der Waals surface area contributed by atoms with Crippen molar-refractivity contribution in [2.24, 2.45) is 0 Å². The third-order valence-electron chi connectivity index (χ3n) is 2.67. The molecule has 0 aliphatic heterocycles. The molecule has 6 nitrogen and oxygen atoms in total. The van der Waals surface area contributed by atoms with Gasteiger partial charge in [0.1, 0.15) is 10.8 Å². The standard InChI is InChI=1S/C14H12ClN3O3/c1-8-3-4-10(9(5-8)14(20)21-2)18-13(19)11-6-16-7-12(15)17-11/h3-7H,1-2H3,(H,18,19). The van der Waals surface area contributed by atoms with Gasteiger partial charge in [-0.2, -0.15) is 0 Å². The van der Waals surface area contributed by atoms with Crippen molar-refractivity contribution in [3.63, 3.8) is 0 Å². The molecule has 1 heterocycles. The van der Waals surface area contributed by atoms with Crippen LogP contribution in [0.15, 0.2) is 30.6 Å². The van der Waals surface area contributed by atoms with E-state index in [1.54, 1.807) is 18.2 Å². The van der Waals surface area contributed by atoms with Crippen LogP contribution in [0.3, 0.4) is 0 Å². The first kappa shape index (κ1) is 14.9. The highest BCUT2D eigenvalue weighted by Crippen LogP contribution is 2.19. The number of anilines is 1. The van der Waals surface area contributed by atoms with Gasteiger partial charge in [-0.3, -0.25) is 9.78 Å². The number of nitrogens with zero attached hydrogens (tertiary/aromatic N) is 2. The van der Waals surface area contributed by atoms with Crippen LogP contribution in [0, 0.1) is 6.92 Å². The van der Waals surface area contributed by atoms with Crippen LogP contribution in [0.2, 0.25) is 5.15 Å². The highest BCUT2D eigenvalue weighted by molar-refractivity contribution is 6.29. The molecule has 0 atom stereocenters. The summed E-state index contributed by atoms with van der Waals surface area (Å²) in [4.78, 5) is 31.5. The summed E-state index contributed by atoms with van der Waals surface area (Å²) in [5.41, 5.74) is 1.52. The van der Waals surface area contributed by atoms with E-state index in [2.05, 4.69) is 15.3 Å². The number of halogens is 1. The maximum absolute atomic E-state index is 12.1. The second kappa shape index (κ2) is 6.32. The average Bonchev–Trinajstić information content (AvgIpc) is 2.48. The summed E-state index contributed by atoms with van der Waals surface area (Å²) in [6, 6.07) is 5.02. The van der Waals surface area contributed by atoms with Gasteiger partial charge >= 0.3 is 5.97 Å². The molecular formula is C14H12ClN3O3. The second-order valence-electron chi connectivity index (χ2n) is 4.22. The minimum absolute atomic E-state index is 0.0545. The molecule has 1 aromatic heterocycles. The lowest BCUT2D eigenvalue weighted by Gasteiger charge is -2.10. The fraction of sp³-hybridized carbons (Fsp3) is 0.143. The minimum Gasteiger partial charge on any atom is -0.465 e. The van der Waals surface area contributed by atoms with E-state index in [9.17, 15) is 9.59 Å². The number of methoxy groups -OCH3 is 1. The first-order valence-electron chi connectivity index (χ1n) is 5.99. The Balaban J connectivity index is 2.31. The fourth-order valence-corrected chi connectivity index (χ4v) is 1.83. The zero-order chi connectivity index (χ0) is 15.4. The maximum Gasteiger partial charge on any atom is 0.339 e. The van der Waals surface area contributed by atoms with Crippen LogP contribution < -0.4 is 5.32 Å². The third-order valence-corrected chi connectivity index (χ3v) is 2.85. The Hall–Kier alpha value is -2.47. The van der Waals surface area contributed by atoms with Crippen molar-refractivity contribution in [1.29, 1.82) is 0 Å². The smallest absolute Gasteiger partial charge is 0.339 e. The quantitative estimate of drug-likeness (QED) is 0.881. The summed E-state index contributed by atoms with van der Waals surface area (Å²) in [5.74, 6) is -1.05. The lowest BCUT2D eigenvalue weighted by molar-refractivity contribution is 0.0602. The molecule has 1 amide bonds. The molecule has 0 saturated heterocycles. The number of aryl methyl sites for hydroxylation is 1. The van der Waals surface area contributed by atoms with E-state index in [-0.39, 0.29) is 16.4 Å². The summed E-state index contributed by atoms with van der Waals surface area (Å²) in [7, 11) is 1.28. The second-order valence-corrected chi connectivity index (χ2v) is 4.61. The lowest BCUT2D eigenvalue weighted by atomic mass is 10.1. The largest absolute Gasteiger partial charge is 0.465 e. The monoisotopic (exact) mass is 305 g/mol. The number of hydrogen-bond donors (Lipinski definition) is 1. The van der Waals surface area contributed by atoms with Crippen molar-refractivity contribution >= 4 is 29.2 Å². The summed E-state index contributed by atoms with van der Waals surface area (Å²) >= 11 is 5.69. The lowest BCUT2D eigenvalue weighted by Crippen LogP contribution is -2.17. The Bertz CT molecular complexity index is 704.